The second-order valence-corrected chi connectivity index (χ2v) is 2.50. The van der Waals surface area contributed by atoms with Crippen molar-refractivity contribution in [2.75, 3.05) is 7.05 Å². The number of hydrogen-bond acceptors (Lipinski definition) is 2. The van der Waals surface area contributed by atoms with Gasteiger partial charge in [0.2, 0.25) is 5.91 Å². The molecule has 0 unspecified atom stereocenters. The van der Waals surface area contributed by atoms with Gasteiger partial charge in [0, 0.05) is 7.05 Å². The summed E-state index contributed by atoms with van der Waals surface area (Å²) in [6, 6.07) is 8.71. The molecule has 0 saturated heterocycles. The van der Waals surface area contributed by atoms with E-state index in [0.29, 0.717) is 0 Å². The molecule has 1 atom stereocenters. The Hall–Kier alpha value is -1.35. The zero-order valence-electron chi connectivity index (χ0n) is 6.95. The van der Waals surface area contributed by atoms with Gasteiger partial charge in [-0.2, -0.15) is 0 Å². The third kappa shape index (κ3) is 1.83. The van der Waals surface area contributed by atoms with E-state index in [1.165, 1.54) is 0 Å². The summed E-state index contributed by atoms with van der Waals surface area (Å²) >= 11 is 0. The van der Waals surface area contributed by atoms with E-state index in [0.717, 1.165) is 5.56 Å². The minimum Gasteiger partial charge on any atom is -0.358 e. The Kier molecular flexibility index (Phi) is 2.82. The topological polar surface area (TPSA) is 55.1 Å². The van der Waals surface area contributed by atoms with Gasteiger partial charge in [0.05, 0.1) is 0 Å². The molecule has 0 spiro atoms. The molecule has 3 N–H and O–H groups in total. The van der Waals surface area contributed by atoms with Gasteiger partial charge in [-0.1, -0.05) is 30.3 Å². The van der Waals surface area contributed by atoms with Crippen molar-refractivity contribution >= 4 is 5.91 Å². The number of rotatable bonds is 2. The van der Waals surface area contributed by atoms with Crippen molar-refractivity contribution in [2.24, 2.45) is 5.73 Å². The van der Waals surface area contributed by atoms with Gasteiger partial charge in [0.1, 0.15) is 6.04 Å². The molecule has 0 radical (unpaired) electrons. The zero-order valence-corrected chi connectivity index (χ0v) is 6.95. The number of benzene rings is 1. The predicted molar refractivity (Wildman–Crippen MR) is 47.4 cm³/mol. The largest absolute Gasteiger partial charge is 0.358 e. The molecule has 3 heteroatoms. The van der Waals surface area contributed by atoms with Crippen molar-refractivity contribution in [2.45, 2.75) is 6.04 Å². The van der Waals surface area contributed by atoms with Gasteiger partial charge in [-0.25, -0.2) is 0 Å². The normalized spacial score (nSPS) is 12.2. The van der Waals surface area contributed by atoms with Crippen molar-refractivity contribution in [3.05, 3.63) is 35.9 Å². The van der Waals surface area contributed by atoms with Gasteiger partial charge in [0.15, 0.2) is 0 Å². The summed E-state index contributed by atoms with van der Waals surface area (Å²) in [5.41, 5.74) is 6.47. The van der Waals surface area contributed by atoms with Crippen molar-refractivity contribution in [1.82, 2.24) is 5.32 Å². The number of amides is 1. The lowest BCUT2D eigenvalue weighted by molar-refractivity contribution is -0.121. The molecule has 12 heavy (non-hydrogen) atoms. The molecule has 3 nitrogen and oxygen atoms in total. The van der Waals surface area contributed by atoms with Crippen molar-refractivity contribution in [1.29, 1.82) is 0 Å². The first-order valence-electron chi connectivity index (χ1n) is 3.78. The fourth-order valence-corrected chi connectivity index (χ4v) is 0.967. The molecule has 0 aliphatic carbocycles. The Morgan fingerprint density at radius 2 is 2.00 bits per heavy atom. The highest BCUT2D eigenvalue weighted by Crippen LogP contribution is 2.08. The second kappa shape index (κ2) is 3.88. The molecule has 0 heterocycles. The molecule has 64 valence electrons. The van der Waals surface area contributed by atoms with Crippen LogP contribution in [0, 0.1) is 0 Å². The molecule has 1 aromatic carbocycles. The fraction of sp³-hybridized carbons (Fsp3) is 0.222. The smallest absolute Gasteiger partial charge is 0.241 e. The Balaban J connectivity index is 2.78. The fourth-order valence-electron chi connectivity index (χ4n) is 0.967. The van der Waals surface area contributed by atoms with E-state index in [9.17, 15) is 4.79 Å². The minimum atomic E-state index is -0.559. The summed E-state index contributed by atoms with van der Waals surface area (Å²) < 4.78 is 0. The quantitative estimate of drug-likeness (QED) is 0.666. The average Bonchev–Trinajstić information content (AvgIpc) is 2.17. The molecule has 0 saturated carbocycles. The van der Waals surface area contributed by atoms with Gasteiger partial charge in [-0.15, -0.1) is 0 Å². The van der Waals surface area contributed by atoms with E-state index in [-0.39, 0.29) is 5.91 Å². The monoisotopic (exact) mass is 164 g/mol. The Labute approximate surface area is 71.6 Å². The highest BCUT2D eigenvalue weighted by atomic mass is 16.2. The van der Waals surface area contributed by atoms with Crippen molar-refractivity contribution < 1.29 is 4.79 Å². The average molecular weight is 164 g/mol. The minimum absolute atomic E-state index is 0.166. The highest BCUT2D eigenvalue weighted by molar-refractivity contribution is 5.82. The van der Waals surface area contributed by atoms with E-state index in [1.807, 2.05) is 30.3 Å². The Bertz CT molecular complexity index is 258. The molecule has 0 aromatic heterocycles. The first kappa shape index (κ1) is 8.74. The number of nitrogens with two attached hydrogens (primary N) is 1. The van der Waals surface area contributed by atoms with Gasteiger partial charge in [-0.05, 0) is 5.56 Å². The van der Waals surface area contributed by atoms with Crippen LogP contribution < -0.4 is 11.1 Å². The zero-order chi connectivity index (χ0) is 8.97. The maximum Gasteiger partial charge on any atom is 0.241 e. The van der Waals surface area contributed by atoms with Gasteiger partial charge in [-0.3, -0.25) is 4.79 Å². The summed E-state index contributed by atoms with van der Waals surface area (Å²) in [6.45, 7) is 0. The van der Waals surface area contributed by atoms with Crippen LogP contribution in [0.15, 0.2) is 30.3 Å². The third-order valence-electron chi connectivity index (χ3n) is 1.69. The molecule has 1 rings (SSSR count). The standard InChI is InChI=1S/C9H12N2O/c1-11-9(12)8(10)7-5-3-2-4-6-7/h2-6,8H,10H2,1H3,(H,11,12)/t8-/m0/s1. The molecule has 0 fully saturated rings. The van der Waals surface area contributed by atoms with Crippen LogP contribution in [-0.2, 0) is 4.79 Å². The highest BCUT2D eigenvalue weighted by Gasteiger charge is 2.12. The number of hydrogen-bond donors (Lipinski definition) is 2. The third-order valence-corrected chi connectivity index (χ3v) is 1.69. The van der Waals surface area contributed by atoms with Crippen LogP contribution in [0.3, 0.4) is 0 Å². The van der Waals surface area contributed by atoms with Crippen LogP contribution in [0.5, 0.6) is 0 Å². The lowest BCUT2D eigenvalue weighted by Gasteiger charge is -2.09. The maximum absolute atomic E-state index is 11.1. The van der Waals surface area contributed by atoms with Gasteiger partial charge in [0.25, 0.3) is 0 Å². The number of carbonyl (C=O) groups excluding carboxylic acids is 1. The summed E-state index contributed by atoms with van der Waals surface area (Å²) in [5, 5.41) is 2.50. The maximum atomic E-state index is 11.1. The van der Waals surface area contributed by atoms with E-state index in [2.05, 4.69) is 5.32 Å². The molecular weight excluding hydrogens is 152 g/mol. The molecule has 0 bridgehead atoms. The second-order valence-electron chi connectivity index (χ2n) is 2.50. The van der Waals surface area contributed by atoms with Crippen LogP contribution in [0.25, 0.3) is 0 Å². The first-order valence-corrected chi connectivity index (χ1v) is 3.78. The van der Waals surface area contributed by atoms with Crippen molar-refractivity contribution in [3.8, 4) is 0 Å². The lowest BCUT2D eigenvalue weighted by Crippen LogP contribution is -2.31. The van der Waals surface area contributed by atoms with E-state index in [1.54, 1.807) is 7.05 Å². The number of carbonyl (C=O) groups is 1. The molecular formula is C9H12N2O. The van der Waals surface area contributed by atoms with E-state index < -0.39 is 6.04 Å². The SMILES string of the molecule is CNC(=O)[C@@H](N)c1ccccc1. The Morgan fingerprint density at radius 3 is 2.50 bits per heavy atom. The summed E-state index contributed by atoms with van der Waals surface area (Å²) in [5.74, 6) is -0.166. The van der Waals surface area contributed by atoms with Crippen LogP contribution in [0.1, 0.15) is 11.6 Å². The van der Waals surface area contributed by atoms with E-state index >= 15 is 0 Å². The number of likely N-dealkylation sites (N-methyl/N-ethyl adjacent to an activating group) is 1. The molecule has 1 amide bonds. The number of nitrogens with one attached hydrogen (secondary N) is 1. The summed E-state index contributed by atoms with van der Waals surface area (Å²) in [6.07, 6.45) is 0. The van der Waals surface area contributed by atoms with Crippen LogP contribution in [0.2, 0.25) is 0 Å². The Morgan fingerprint density at radius 1 is 1.42 bits per heavy atom. The lowest BCUT2D eigenvalue weighted by atomic mass is 10.1. The molecule has 0 aliphatic heterocycles. The van der Waals surface area contributed by atoms with Crippen LogP contribution in [-0.4, -0.2) is 13.0 Å². The predicted octanol–water partition coefficient (Wildman–Crippen LogP) is 0.432. The van der Waals surface area contributed by atoms with E-state index in [4.69, 9.17) is 5.73 Å². The van der Waals surface area contributed by atoms with Crippen LogP contribution in [0.4, 0.5) is 0 Å². The summed E-state index contributed by atoms with van der Waals surface area (Å²) in [7, 11) is 1.57. The van der Waals surface area contributed by atoms with Crippen molar-refractivity contribution in [3.63, 3.8) is 0 Å². The molecule has 0 aliphatic rings. The van der Waals surface area contributed by atoms with Gasteiger partial charge >= 0.3 is 0 Å². The van der Waals surface area contributed by atoms with Crippen LogP contribution >= 0.6 is 0 Å². The summed E-state index contributed by atoms with van der Waals surface area (Å²) in [4.78, 5) is 11.1. The molecule has 1 aromatic rings. The first-order chi connectivity index (χ1) is 5.75. The van der Waals surface area contributed by atoms with Gasteiger partial charge < -0.3 is 11.1 Å².